The van der Waals surface area contributed by atoms with Gasteiger partial charge in [-0.05, 0) is 30.2 Å². The zero-order chi connectivity index (χ0) is 15.4. The van der Waals surface area contributed by atoms with Crippen molar-refractivity contribution >= 4 is 39.3 Å². The zero-order valence-corrected chi connectivity index (χ0v) is 13.6. The minimum atomic E-state index is -0.770. The maximum Gasteiger partial charge on any atom is 0.240 e. The number of rotatable bonds is 5. The monoisotopic (exact) mass is 374 g/mol. The molecule has 1 saturated heterocycles. The first kappa shape index (κ1) is 16.3. The molecular formula is C14H16BrClN2O3. The van der Waals surface area contributed by atoms with Gasteiger partial charge in [0.1, 0.15) is 6.04 Å². The summed E-state index contributed by atoms with van der Waals surface area (Å²) in [6.07, 6.45) is 0.952. The van der Waals surface area contributed by atoms with Crippen LogP contribution in [0.4, 0.5) is 0 Å². The van der Waals surface area contributed by atoms with Crippen molar-refractivity contribution in [1.29, 1.82) is 0 Å². The number of hydrogen-bond donors (Lipinski definition) is 2. The molecule has 2 atom stereocenters. The van der Waals surface area contributed by atoms with E-state index in [-0.39, 0.29) is 18.2 Å². The van der Waals surface area contributed by atoms with Gasteiger partial charge < -0.3 is 15.8 Å². The van der Waals surface area contributed by atoms with Crippen LogP contribution in [0.15, 0.2) is 22.7 Å². The van der Waals surface area contributed by atoms with Gasteiger partial charge in [0.05, 0.1) is 12.5 Å². The number of ether oxygens (including phenoxy) is 1. The molecule has 1 aliphatic heterocycles. The van der Waals surface area contributed by atoms with Gasteiger partial charge in [0.25, 0.3) is 0 Å². The smallest absolute Gasteiger partial charge is 0.240 e. The normalized spacial score (nSPS) is 19.2. The van der Waals surface area contributed by atoms with E-state index < -0.39 is 11.9 Å². The van der Waals surface area contributed by atoms with Crippen molar-refractivity contribution in [3.8, 4) is 0 Å². The molecule has 1 aromatic rings. The highest BCUT2D eigenvalue weighted by Gasteiger charge is 2.27. The SMILES string of the molecule is NC(=O)[C@@H](Cc1cc(Cl)ccc1Br)NC(=O)[C@@H]1CCOC1. The van der Waals surface area contributed by atoms with Crippen LogP contribution in [-0.2, 0) is 20.7 Å². The fraction of sp³-hybridized carbons (Fsp3) is 0.429. The molecule has 2 rings (SSSR count). The minimum Gasteiger partial charge on any atom is -0.381 e. The number of nitrogens with one attached hydrogen (secondary N) is 1. The van der Waals surface area contributed by atoms with Crippen LogP contribution in [0, 0.1) is 5.92 Å². The van der Waals surface area contributed by atoms with Crippen molar-refractivity contribution < 1.29 is 14.3 Å². The highest BCUT2D eigenvalue weighted by molar-refractivity contribution is 9.10. The molecule has 0 aliphatic carbocycles. The summed E-state index contributed by atoms with van der Waals surface area (Å²) >= 11 is 9.35. The Kier molecular flexibility index (Phi) is 5.61. The lowest BCUT2D eigenvalue weighted by molar-refractivity contribution is -0.129. The maximum absolute atomic E-state index is 12.1. The fourth-order valence-corrected chi connectivity index (χ4v) is 2.78. The second-order valence-electron chi connectivity index (χ2n) is 4.96. The minimum absolute atomic E-state index is 0.200. The highest BCUT2D eigenvalue weighted by atomic mass is 79.9. The summed E-state index contributed by atoms with van der Waals surface area (Å²) in [7, 11) is 0. The maximum atomic E-state index is 12.1. The lowest BCUT2D eigenvalue weighted by Crippen LogP contribution is -2.48. The fourth-order valence-electron chi connectivity index (χ4n) is 2.17. The molecule has 0 bridgehead atoms. The Morgan fingerprint density at radius 3 is 2.90 bits per heavy atom. The molecule has 21 heavy (non-hydrogen) atoms. The van der Waals surface area contributed by atoms with E-state index in [0.717, 1.165) is 10.0 Å². The van der Waals surface area contributed by atoms with E-state index in [0.29, 0.717) is 24.7 Å². The van der Waals surface area contributed by atoms with E-state index in [2.05, 4.69) is 21.2 Å². The number of carbonyl (C=O) groups excluding carboxylic acids is 2. The molecule has 114 valence electrons. The summed E-state index contributed by atoms with van der Waals surface area (Å²) in [5, 5.41) is 3.26. The molecule has 1 aromatic carbocycles. The Morgan fingerprint density at radius 2 is 2.29 bits per heavy atom. The average Bonchev–Trinajstić information content (AvgIpc) is 2.96. The van der Waals surface area contributed by atoms with Crippen LogP contribution in [0.2, 0.25) is 5.02 Å². The van der Waals surface area contributed by atoms with Gasteiger partial charge >= 0.3 is 0 Å². The molecule has 2 amide bonds. The average molecular weight is 376 g/mol. The lowest BCUT2D eigenvalue weighted by atomic mass is 10.0. The molecule has 1 aliphatic rings. The standard InChI is InChI=1S/C14H16BrClN2O3/c15-11-2-1-10(16)5-9(11)6-12(13(17)19)18-14(20)8-3-4-21-7-8/h1-2,5,8,12H,3-4,6-7H2,(H2,17,19)(H,18,20)/t8-,12-/m1/s1. The predicted octanol–water partition coefficient (Wildman–Crippen LogP) is 1.65. The third kappa shape index (κ3) is 4.43. The molecule has 1 fully saturated rings. The Bertz CT molecular complexity index is 547. The first-order valence-electron chi connectivity index (χ1n) is 6.58. The number of benzene rings is 1. The van der Waals surface area contributed by atoms with Gasteiger partial charge in [0.15, 0.2) is 0 Å². The number of carbonyl (C=O) groups is 2. The first-order valence-corrected chi connectivity index (χ1v) is 7.76. The number of hydrogen-bond acceptors (Lipinski definition) is 3. The Morgan fingerprint density at radius 1 is 1.52 bits per heavy atom. The molecule has 7 heteroatoms. The van der Waals surface area contributed by atoms with Gasteiger partial charge in [-0.25, -0.2) is 0 Å². The molecule has 1 heterocycles. The van der Waals surface area contributed by atoms with E-state index in [1.165, 1.54) is 0 Å². The topological polar surface area (TPSA) is 81.4 Å². The van der Waals surface area contributed by atoms with Crippen LogP contribution in [0.5, 0.6) is 0 Å². The van der Waals surface area contributed by atoms with Gasteiger partial charge in [0, 0.05) is 22.5 Å². The Labute approximate surface area is 136 Å². The van der Waals surface area contributed by atoms with Crippen LogP contribution in [0.3, 0.4) is 0 Å². The summed E-state index contributed by atoms with van der Waals surface area (Å²) in [4.78, 5) is 23.6. The summed E-state index contributed by atoms with van der Waals surface area (Å²) < 4.78 is 5.99. The highest BCUT2D eigenvalue weighted by Crippen LogP contribution is 2.22. The molecule has 0 saturated carbocycles. The largest absolute Gasteiger partial charge is 0.381 e. The lowest BCUT2D eigenvalue weighted by Gasteiger charge is -2.18. The van der Waals surface area contributed by atoms with Crippen LogP contribution < -0.4 is 11.1 Å². The number of halogens is 2. The van der Waals surface area contributed by atoms with Gasteiger partial charge in [0.2, 0.25) is 11.8 Å². The molecule has 0 unspecified atom stereocenters. The second-order valence-corrected chi connectivity index (χ2v) is 6.25. The molecule has 0 spiro atoms. The van der Waals surface area contributed by atoms with E-state index in [4.69, 9.17) is 22.1 Å². The van der Waals surface area contributed by atoms with Gasteiger partial charge in [-0.3, -0.25) is 9.59 Å². The molecular weight excluding hydrogens is 360 g/mol. The third-order valence-corrected chi connectivity index (χ3v) is 4.40. The summed E-state index contributed by atoms with van der Waals surface area (Å²) in [6.45, 7) is 0.956. The molecule has 0 radical (unpaired) electrons. The summed E-state index contributed by atoms with van der Waals surface area (Å²) in [5.41, 5.74) is 6.20. The van der Waals surface area contributed by atoms with E-state index >= 15 is 0 Å². The van der Waals surface area contributed by atoms with Gasteiger partial charge in [-0.1, -0.05) is 27.5 Å². The van der Waals surface area contributed by atoms with E-state index in [1.54, 1.807) is 18.2 Å². The zero-order valence-electron chi connectivity index (χ0n) is 11.3. The van der Waals surface area contributed by atoms with Crippen molar-refractivity contribution in [2.45, 2.75) is 18.9 Å². The molecule has 5 nitrogen and oxygen atoms in total. The first-order chi connectivity index (χ1) is 9.97. The number of amides is 2. The van der Waals surface area contributed by atoms with Gasteiger partial charge in [-0.15, -0.1) is 0 Å². The van der Waals surface area contributed by atoms with E-state index in [9.17, 15) is 9.59 Å². The van der Waals surface area contributed by atoms with Crippen LogP contribution in [0.25, 0.3) is 0 Å². The molecule has 0 aromatic heterocycles. The Balaban J connectivity index is 2.06. The van der Waals surface area contributed by atoms with Crippen LogP contribution in [0.1, 0.15) is 12.0 Å². The predicted molar refractivity (Wildman–Crippen MR) is 82.9 cm³/mol. The van der Waals surface area contributed by atoms with Crippen LogP contribution >= 0.6 is 27.5 Å². The number of nitrogens with two attached hydrogens (primary N) is 1. The quantitative estimate of drug-likeness (QED) is 0.821. The van der Waals surface area contributed by atoms with Crippen molar-refractivity contribution in [2.75, 3.05) is 13.2 Å². The van der Waals surface area contributed by atoms with E-state index in [1.807, 2.05) is 0 Å². The second kappa shape index (κ2) is 7.24. The van der Waals surface area contributed by atoms with Crippen molar-refractivity contribution in [1.82, 2.24) is 5.32 Å². The molecule has 3 N–H and O–H groups in total. The van der Waals surface area contributed by atoms with Gasteiger partial charge in [-0.2, -0.15) is 0 Å². The van der Waals surface area contributed by atoms with Crippen molar-refractivity contribution in [2.24, 2.45) is 11.7 Å². The number of primary amides is 1. The Hall–Kier alpha value is -1.11. The summed E-state index contributed by atoms with van der Waals surface area (Å²) in [6, 6.07) is 4.50. The third-order valence-electron chi connectivity index (χ3n) is 3.39. The van der Waals surface area contributed by atoms with Crippen molar-refractivity contribution in [3.05, 3.63) is 33.3 Å². The van der Waals surface area contributed by atoms with Crippen LogP contribution in [-0.4, -0.2) is 31.1 Å². The van der Waals surface area contributed by atoms with Crippen molar-refractivity contribution in [3.63, 3.8) is 0 Å². The summed E-state index contributed by atoms with van der Waals surface area (Å²) in [5.74, 6) is -0.988.